The summed E-state index contributed by atoms with van der Waals surface area (Å²) in [5.74, 6) is 0.598. The van der Waals surface area contributed by atoms with E-state index < -0.39 is 0 Å². The van der Waals surface area contributed by atoms with E-state index in [1.807, 2.05) is 32.0 Å². The van der Waals surface area contributed by atoms with Gasteiger partial charge in [0.1, 0.15) is 0 Å². The van der Waals surface area contributed by atoms with Crippen LogP contribution in [0.3, 0.4) is 0 Å². The molecular formula is C13H18ClNO. The van der Waals surface area contributed by atoms with E-state index in [9.17, 15) is 4.79 Å². The van der Waals surface area contributed by atoms with Crippen LogP contribution in [0.5, 0.6) is 0 Å². The van der Waals surface area contributed by atoms with Crippen LogP contribution in [0.15, 0.2) is 24.3 Å². The molecule has 0 heterocycles. The first kappa shape index (κ1) is 13.0. The van der Waals surface area contributed by atoms with Crippen molar-refractivity contribution in [3.8, 4) is 0 Å². The Bertz CT molecular complexity index is 352. The zero-order valence-corrected chi connectivity index (χ0v) is 10.6. The minimum atomic E-state index is 0.0581. The number of amides is 1. The molecule has 0 aliphatic rings. The molecule has 0 aromatic heterocycles. The third-order valence-electron chi connectivity index (χ3n) is 2.46. The van der Waals surface area contributed by atoms with Gasteiger partial charge in [0.2, 0.25) is 5.91 Å². The van der Waals surface area contributed by atoms with Crippen LogP contribution >= 0.6 is 11.6 Å². The van der Waals surface area contributed by atoms with Crippen molar-refractivity contribution in [2.45, 2.75) is 32.7 Å². The molecule has 1 amide bonds. The second kappa shape index (κ2) is 6.54. The summed E-state index contributed by atoms with van der Waals surface area (Å²) in [4.78, 5) is 11.5. The molecule has 0 spiro atoms. The number of nitrogens with one attached hydrogen (secondary N) is 1. The van der Waals surface area contributed by atoms with Gasteiger partial charge in [-0.2, -0.15) is 0 Å². The van der Waals surface area contributed by atoms with Crippen molar-refractivity contribution in [1.29, 1.82) is 0 Å². The van der Waals surface area contributed by atoms with Crippen molar-refractivity contribution in [3.63, 3.8) is 0 Å². The summed E-state index contributed by atoms with van der Waals surface area (Å²) < 4.78 is 0. The van der Waals surface area contributed by atoms with E-state index in [0.717, 1.165) is 12.0 Å². The highest BCUT2D eigenvalue weighted by Gasteiger charge is 2.08. The normalized spacial score (nSPS) is 12.2. The van der Waals surface area contributed by atoms with Crippen LogP contribution in [0.25, 0.3) is 0 Å². The molecule has 1 N–H and O–H groups in total. The van der Waals surface area contributed by atoms with Crippen molar-refractivity contribution in [1.82, 2.24) is 5.32 Å². The highest BCUT2D eigenvalue weighted by Crippen LogP contribution is 2.13. The molecular weight excluding hydrogens is 222 g/mol. The van der Waals surface area contributed by atoms with Crippen molar-refractivity contribution in [2.24, 2.45) is 0 Å². The molecule has 0 unspecified atom stereocenters. The lowest BCUT2D eigenvalue weighted by molar-refractivity contribution is -0.121. The molecule has 0 saturated carbocycles. The molecule has 1 aromatic rings. The highest BCUT2D eigenvalue weighted by atomic mass is 35.5. The lowest BCUT2D eigenvalue weighted by Crippen LogP contribution is -2.26. The van der Waals surface area contributed by atoms with Gasteiger partial charge in [-0.25, -0.2) is 0 Å². The smallest absolute Gasteiger partial charge is 0.220 e. The number of carbonyl (C=O) groups is 1. The van der Waals surface area contributed by atoms with Gasteiger partial charge in [-0.1, -0.05) is 29.8 Å². The van der Waals surface area contributed by atoms with Gasteiger partial charge in [-0.05, 0) is 25.8 Å². The molecule has 0 aliphatic carbocycles. The topological polar surface area (TPSA) is 29.1 Å². The zero-order valence-electron chi connectivity index (χ0n) is 9.79. The number of hydrogen-bond donors (Lipinski definition) is 1. The van der Waals surface area contributed by atoms with Gasteiger partial charge in [-0.3, -0.25) is 4.79 Å². The number of aryl methyl sites for hydroxylation is 1. The summed E-state index contributed by atoms with van der Waals surface area (Å²) in [5.41, 5.74) is 2.35. The van der Waals surface area contributed by atoms with Gasteiger partial charge in [-0.15, -0.1) is 11.6 Å². The maximum absolute atomic E-state index is 11.5. The standard InChI is InChI=1S/C13H18ClNO/c1-10-5-3-6-12(9-10)11(2)15-13(16)7-4-8-14/h3,5-6,9,11H,4,7-8H2,1-2H3,(H,15,16)/t11-/m0/s1. The summed E-state index contributed by atoms with van der Waals surface area (Å²) in [6.45, 7) is 4.04. The average molecular weight is 240 g/mol. The first-order chi connectivity index (χ1) is 7.63. The number of hydrogen-bond acceptors (Lipinski definition) is 1. The Morgan fingerprint density at radius 1 is 1.50 bits per heavy atom. The van der Waals surface area contributed by atoms with Crippen LogP contribution in [-0.2, 0) is 4.79 Å². The monoisotopic (exact) mass is 239 g/mol. The Morgan fingerprint density at radius 2 is 2.25 bits per heavy atom. The van der Waals surface area contributed by atoms with Crippen molar-refractivity contribution < 1.29 is 4.79 Å². The van der Waals surface area contributed by atoms with E-state index in [0.29, 0.717) is 12.3 Å². The molecule has 3 heteroatoms. The van der Waals surface area contributed by atoms with Crippen LogP contribution < -0.4 is 5.32 Å². The van der Waals surface area contributed by atoms with Gasteiger partial charge in [0.25, 0.3) is 0 Å². The van der Waals surface area contributed by atoms with E-state index in [4.69, 9.17) is 11.6 Å². The Balaban J connectivity index is 2.52. The van der Waals surface area contributed by atoms with Gasteiger partial charge in [0, 0.05) is 12.3 Å². The fourth-order valence-electron chi connectivity index (χ4n) is 1.56. The maximum atomic E-state index is 11.5. The molecule has 88 valence electrons. The molecule has 0 fully saturated rings. The Morgan fingerprint density at radius 3 is 2.88 bits per heavy atom. The Hall–Kier alpha value is -1.02. The van der Waals surface area contributed by atoms with E-state index in [1.54, 1.807) is 0 Å². The average Bonchev–Trinajstić information content (AvgIpc) is 2.26. The second-order valence-corrected chi connectivity index (χ2v) is 4.37. The van der Waals surface area contributed by atoms with Crippen LogP contribution in [-0.4, -0.2) is 11.8 Å². The van der Waals surface area contributed by atoms with E-state index in [1.165, 1.54) is 5.56 Å². The largest absolute Gasteiger partial charge is 0.350 e. The summed E-state index contributed by atoms with van der Waals surface area (Å²) in [6, 6.07) is 8.23. The molecule has 2 nitrogen and oxygen atoms in total. The summed E-state index contributed by atoms with van der Waals surface area (Å²) in [7, 11) is 0. The quantitative estimate of drug-likeness (QED) is 0.786. The zero-order chi connectivity index (χ0) is 12.0. The fourth-order valence-corrected chi connectivity index (χ4v) is 1.70. The minimum Gasteiger partial charge on any atom is -0.350 e. The van der Waals surface area contributed by atoms with Gasteiger partial charge in [0.15, 0.2) is 0 Å². The fraction of sp³-hybridized carbons (Fsp3) is 0.462. The van der Waals surface area contributed by atoms with Gasteiger partial charge in [0.05, 0.1) is 6.04 Å². The maximum Gasteiger partial charge on any atom is 0.220 e. The summed E-state index contributed by atoms with van der Waals surface area (Å²) >= 11 is 5.54. The number of carbonyl (C=O) groups excluding carboxylic acids is 1. The van der Waals surface area contributed by atoms with E-state index in [-0.39, 0.29) is 11.9 Å². The number of halogens is 1. The molecule has 1 aromatic carbocycles. The lowest BCUT2D eigenvalue weighted by Gasteiger charge is -2.14. The molecule has 16 heavy (non-hydrogen) atoms. The van der Waals surface area contributed by atoms with Crippen molar-refractivity contribution in [2.75, 3.05) is 5.88 Å². The Kier molecular flexibility index (Phi) is 5.33. The minimum absolute atomic E-state index is 0.0581. The SMILES string of the molecule is Cc1cccc([C@H](C)NC(=O)CCCCl)c1. The van der Waals surface area contributed by atoms with E-state index in [2.05, 4.69) is 11.4 Å². The lowest BCUT2D eigenvalue weighted by atomic mass is 10.1. The number of benzene rings is 1. The van der Waals surface area contributed by atoms with Crippen molar-refractivity contribution >= 4 is 17.5 Å². The van der Waals surface area contributed by atoms with Crippen LogP contribution in [0.1, 0.15) is 36.9 Å². The molecule has 1 rings (SSSR count). The Labute approximate surface area is 102 Å². The molecule has 0 radical (unpaired) electrons. The predicted molar refractivity (Wildman–Crippen MR) is 67.7 cm³/mol. The van der Waals surface area contributed by atoms with E-state index >= 15 is 0 Å². The number of alkyl halides is 1. The van der Waals surface area contributed by atoms with Crippen LogP contribution in [0.4, 0.5) is 0 Å². The van der Waals surface area contributed by atoms with Gasteiger partial charge >= 0.3 is 0 Å². The number of rotatable bonds is 5. The van der Waals surface area contributed by atoms with Crippen LogP contribution in [0.2, 0.25) is 0 Å². The second-order valence-electron chi connectivity index (χ2n) is 4.00. The van der Waals surface area contributed by atoms with Gasteiger partial charge < -0.3 is 5.32 Å². The van der Waals surface area contributed by atoms with Crippen molar-refractivity contribution in [3.05, 3.63) is 35.4 Å². The first-order valence-electron chi connectivity index (χ1n) is 5.55. The van der Waals surface area contributed by atoms with Crippen LogP contribution in [0, 0.1) is 6.92 Å². The summed E-state index contributed by atoms with van der Waals surface area (Å²) in [6.07, 6.45) is 1.23. The highest BCUT2D eigenvalue weighted by molar-refractivity contribution is 6.17. The molecule has 0 aliphatic heterocycles. The molecule has 0 bridgehead atoms. The first-order valence-corrected chi connectivity index (χ1v) is 6.09. The summed E-state index contributed by atoms with van der Waals surface area (Å²) in [5, 5.41) is 2.96. The molecule has 1 atom stereocenters. The molecule has 0 saturated heterocycles. The predicted octanol–water partition coefficient (Wildman–Crippen LogP) is 3.19. The third kappa shape index (κ3) is 4.23. The third-order valence-corrected chi connectivity index (χ3v) is 2.72.